The number of hydrogen-bond acceptors (Lipinski definition) is 5. The molecule has 3 rings (SSSR count). The second kappa shape index (κ2) is 6.60. The molecule has 0 aliphatic carbocycles. The molecule has 1 aromatic carbocycles. The Hall–Kier alpha value is -2.80. The van der Waals surface area contributed by atoms with Crippen molar-refractivity contribution in [3.8, 4) is 5.69 Å². The zero-order valence-corrected chi connectivity index (χ0v) is 14.5. The summed E-state index contributed by atoms with van der Waals surface area (Å²) in [7, 11) is 0. The highest BCUT2D eigenvalue weighted by Gasteiger charge is 2.22. The molecule has 7 heteroatoms. The van der Waals surface area contributed by atoms with E-state index in [1.54, 1.807) is 30.9 Å². The molecule has 0 saturated heterocycles. The van der Waals surface area contributed by atoms with Gasteiger partial charge < -0.3 is 10.4 Å². The van der Waals surface area contributed by atoms with E-state index in [1.807, 2.05) is 31.2 Å². The van der Waals surface area contributed by atoms with Crippen LogP contribution in [0.4, 0.5) is 0 Å². The topological polar surface area (TPSA) is 92.9 Å². The number of rotatable bonds is 5. The number of pyridine rings is 1. The van der Waals surface area contributed by atoms with E-state index < -0.39 is 5.60 Å². The summed E-state index contributed by atoms with van der Waals surface area (Å²) in [5.74, 6) is -0.348. The largest absolute Gasteiger partial charge is 0.388 e. The molecule has 2 N–H and O–H groups in total. The number of aromatic nitrogens is 4. The maximum absolute atomic E-state index is 12.4. The lowest BCUT2D eigenvalue weighted by Gasteiger charge is -2.21. The van der Waals surface area contributed by atoms with Gasteiger partial charge in [0.05, 0.1) is 17.0 Å². The lowest BCUT2D eigenvalue weighted by Crippen LogP contribution is -2.40. The van der Waals surface area contributed by atoms with E-state index in [9.17, 15) is 9.90 Å². The number of benzene rings is 1. The fraction of sp³-hybridized carbons (Fsp3) is 0.333. The molecular formula is C18H21N5O2. The smallest absolute Gasteiger partial charge is 0.273 e. The van der Waals surface area contributed by atoms with Crippen molar-refractivity contribution in [3.63, 3.8) is 0 Å². The predicted molar refractivity (Wildman–Crippen MR) is 94.6 cm³/mol. The first-order valence-corrected chi connectivity index (χ1v) is 8.19. The summed E-state index contributed by atoms with van der Waals surface area (Å²) in [6.45, 7) is 5.51. The second-order valence-corrected chi connectivity index (χ2v) is 6.34. The van der Waals surface area contributed by atoms with Crippen LogP contribution in [0.25, 0.3) is 16.5 Å². The summed E-state index contributed by atoms with van der Waals surface area (Å²) >= 11 is 0. The molecule has 0 fully saturated rings. The third-order valence-electron chi connectivity index (χ3n) is 4.39. The number of carbonyl (C=O) groups is 1. The lowest BCUT2D eigenvalue weighted by atomic mass is 10.0. The number of carbonyl (C=O) groups excluding carboxylic acids is 1. The monoisotopic (exact) mass is 339 g/mol. The minimum absolute atomic E-state index is 0.161. The molecule has 0 saturated carbocycles. The van der Waals surface area contributed by atoms with Gasteiger partial charge in [-0.15, -0.1) is 5.10 Å². The SMILES string of the molecule is CC[C@@](C)(O)CNC(=O)c1nnn(-c2cccc3cnccc23)c1C. The summed E-state index contributed by atoms with van der Waals surface area (Å²) in [6.07, 6.45) is 4.05. The van der Waals surface area contributed by atoms with Crippen LogP contribution in [0.2, 0.25) is 0 Å². The predicted octanol–water partition coefficient (Wildman–Crippen LogP) is 2.01. The highest BCUT2D eigenvalue weighted by Crippen LogP contribution is 2.22. The standard InChI is InChI=1S/C18H21N5O2/c1-4-18(3,25)11-20-17(24)16-12(2)23(22-21-16)15-7-5-6-13-10-19-9-8-14(13)15/h5-10,25H,4,11H2,1-3H3,(H,20,24)/t18-/m1/s1. The van der Waals surface area contributed by atoms with Crippen molar-refractivity contribution in [1.82, 2.24) is 25.3 Å². The Morgan fingerprint density at radius 3 is 2.92 bits per heavy atom. The summed E-state index contributed by atoms with van der Waals surface area (Å²) in [4.78, 5) is 16.5. The number of amides is 1. The Kier molecular flexibility index (Phi) is 4.50. The third kappa shape index (κ3) is 3.36. The molecule has 2 heterocycles. The van der Waals surface area contributed by atoms with Gasteiger partial charge in [0.25, 0.3) is 5.91 Å². The van der Waals surface area contributed by atoms with Crippen LogP contribution in [0, 0.1) is 6.92 Å². The summed E-state index contributed by atoms with van der Waals surface area (Å²) in [5.41, 5.74) is 0.780. The molecule has 0 aliphatic heterocycles. The highest BCUT2D eigenvalue weighted by atomic mass is 16.3. The van der Waals surface area contributed by atoms with Crippen molar-refractivity contribution in [3.05, 3.63) is 48.0 Å². The molecule has 25 heavy (non-hydrogen) atoms. The van der Waals surface area contributed by atoms with Crippen LogP contribution in [-0.2, 0) is 0 Å². The van der Waals surface area contributed by atoms with E-state index in [-0.39, 0.29) is 18.1 Å². The van der Waals surface area contributed by atoms with Gasteiger partial charge in [0.2, 0.25) is 0 Å². The molecule has 0 aliphatic rings. The molecule has 0 unspecified atom stereocenters. The molecule has 7 nitrogen and oxygen atoms in total. The van der Waals surface area contributed by atoms with Gasteiger partial charge in [0.15, 0.2) is 5.69 Å². The molecule has 0 bridgehead atoms. The summed E-state index contributed by atoms with van der Waals surface area (Å²) < 4.78 is 1.65. The van der Waals surface area contributed by atoms with Gasteiger partial charge >= 0.3 is 0 Å². The van der Waals surface area contributed by atoms with Crippen molar-refractivity contribution in [2.45, 2.75) is 32.8 Å². The van der Waals surface area contributed by atoms with Crippen LogP contribution in [-0.4, -0.2) is 43.1 Å². The van der Waals surface area contributed by atoms with Gasteiger partial charge in [-0.05, 0) is 32.4 Å². The van der Waals surface area contributed by atoms with Gasteiger partial charge in [-0.3, -0.25) is 9.78 Å². The van der Waals surface area contributed by atoms with Gasteiger partial charge in [-0.2, -0.15) is 0 Å². The lowest BCUT2D eigenvalue weighted by molar-refractivity contribution is 0.0517. The van der Waals surface area contributed by atoms with E-state index >= 15 is 0 Å². The number of nitrogens with one attached hydrogen (secondary N) is 1. The number of hydrogen-bond donors (Lipinski definition) is 2. The van der Waals surface area contributed by atoms with Crippen molar-refractivity contribution >= 4 is 16.7 Å². The van der Waals surface area contributed by atoms with Gasteiger partial charge in [-0.1, -0.05) is 24.3 Å². The first-order valence-electron chi connectivity index (χ1n) is 8.19. The fourth-order valence-corrected chi connectivity index (χ4v) is 2.54. The number of nitrogens with zero attached hydrogens (tertiary/aromatic N) is 4. The van der Waals surface area contributed by atoms with E-state index in [0.29, 0.717) is 12.1 Å². The average Bonchev–Trinajstić information content (AvgIpc) is 3.00. The van der Waals surface area contributed by atoms with Crippen LogP contribution in [0.1, 0.15) is 36.5 Å². The summed E-state index contributed by atoms with van der Waals surface area (Å²) in [6, 6.07) is 7.72. The van der Waals surface area contributed by atoms with E-state index in [0.717, 1.165) is 16.5 Å². The molecule has 1 atom stereocenters. The molecule has 3 aromatic rings. The molecule has 1 amide bonds. The quantitative estimate of drug-likeness (QED) is 0.742. The van der Waals surface area contributed by atoms with E-state index in [1.165, 1.54) is 0 Å². The highest BCUT2D eigenvalue weighted by molar-refractivity contribution is 5.94. The van der Waals surface area contributed by atoms with Crippen molar-refractivity contribution in [1.29, 1.82) is 0 Å². The maximum Gasteiger partial charge on any atom is 0.273 e. The van der Waals surface area contributed by atoms with Gasteiger partial charge in [-0.25, -0.2) is 4.68 Å². The van der Waals surface area contributed by atoms with E-state index in [2.05, 4.69) is 20.6 Å². The maximum atomic E-state index is 12.4. The minimum Gasteiger partial charge on any atom is -0.388 e. The molecule has 130 valence electrons. The van der Waals surface area contributed by atoms with Crippen LogP contribution in [0.15, 0.2) is 36.7 Å². The number of aliphatic hydroxyl groups is 1. The first-order chi connectivity index (χ1) is 11.9. The van der Waals surface area contributed by atoms with Crippen molar-refractivity contribution in [2.75, 3.05) is 6.54 Å². The Balaban J connectivity index is 1.92. The first kappa shape index (κ1) is 17.0. The van der Waals surface area contributed by atoms with Crippen LogP contribution in [0.5, 0.6) is 0 Å². The molecular weight excluding hydrogens is 318 g/mol. The van der Waals surface area contributed by atoms with Crippen LogP contribution < -0.4 is 5.32 Å². The molecule has 0 radical (unpaired) electrons. The Bertz CT molecular complexity index is 911. The van der Waals surface area contributed by atoms with Crippen molar-refractivity contribution in [2.24, 2.45) is 0 Å². The zero-order chi connectivity index (χ0) is 18.0. The molecule has 2 aromatic heterocycles. The number of fused-ring (bicyclic) bond motifs is 1. The Labute approximate surface area is 145 Å². The van der Waals surface area contributed by atoms with Crippen LogP contribution >= 0.6 is 0 Å². The zero-order valence-electron chi connectivity index (χ0n) is 14.5. The van der Waals surface area contributed by atoms with Gasteiger partial charge in [0.1, 0.15) is 0 Å². The Morgan fingerprint density at radius 1 is 1.36 bits per heavy atom. The summed E-state index contributed by atoms with van der Waals surface area (Å²) in [5, 5.41) is 22.9. The van der Waals surface area contributed by atoms with Crippen LogP contribution in [0.3, 0.4) is 0 Å². The van der Waals surface area contributed by atoms with E-state index in [4.69, 9.17) is 0 Å². The van der Waals surface area contributed by atoms with Gasteiger partial charge in [0, 0.05) is 29.7 Å². The second-order valence-electron chi connectivity index (χ2n) is 6.34. The average molecular weight is 339 g/mol. The molecule has 0 spiro atoms. The Morgan fingerprint density at radius 2 is 2.16 bits per heavy atom. The fourth-order valence-electron chi connectivity index (χ4n) is 2.54. The third-order valence-corrected chi connectivity index (χ3v) is 4.39. The minimum atomic E-state index is -0.942. The van der Waals surface area contributed by atoms with Crippen molar-refractivity contribution < 1.29 is 9.90 Å². The normalized spacial score (nSPS) is 13.6.